The van der Waals surface area contributed by atoms with Crippen molar-refractivity contribution in [1.29, 1.82) is 0 Å². The number of hydrogen-bond acceptors (Lipinski definition) is 0. The molecule has 0 fully saturated rings. The van der Waals surface area contributed by atoms with Crippen LogP contribution in [-0.4, -0.2) is 31.7 Å². The van der Waals surface area contributed by atoms with Crippen LogP contribution < -0.4 is 0 Å². The molecule has 0 aromatic heterocycles. The van der Waals surface area contributed by atoms with Crippen LogP contribution >= 0.6 is 0 Å². The molecule has 20 heavy (non-hydrogen) atoms. The first-order valence-electron chi connectivity index (χ1n) is 8.94. The molecule has 0 atom stereocenters. The van der Waals surface area contributed by atoms with Gasteiger partial charge in [0.05, 0.1) is 39.6 Å². The Labute approximate surface area is 135 Å². The molecule has 1 nitrogen and oxygen atoms in total. The molecule has 124 valence electrons. The van der Waals surface area contributed by atoms with Gasteiger partial charge in [0.1, 0.15) is 0 Å². The van der Waals surface area contributed by atoms with Crippen molar-refractivity contribution >= 4 is 0 Å². The number of rotatable bonds is 14. The van der Waals surface area contributed by atoms with Gasteiger partial charge in [-0.05, 0) is 25.7 Å². The normalized spacial score (nSPS) is 11.4. The number of halogens is 1. The molecule has 0 aliphatic carbocycles. The van der Waals surface area contributed by atoms with E-state index in [4.69, 9.17) is 0 Å². The van der Waals surface area contributed by atoms with Crippen molar-refractivity contribution in [2.45, 2.75) is 90.9 Å². The van der Waals surface area contributed by atoms with Gasteiger partial charge < -0.3 is 4.48 Å². The fourth-order valence-electron chi connectivity index (χ4n) is 2.75. The van der Waals surface area contributed by atoms with Crippen molar-refractivity contribution in [3.63, 3.8) is 0 Å². The van der Waals surface area contributed by atoms with E-state index in [0.29, 0.717) is 0 Å². The highest BCUT2D eigenvalue weighted by Gasteiger charge is 2.13. The lowest BCUT2D eigenvalue weighted by atomic mass is 10.1. The van der Waals surface area contributed by atoms with Crippen molar-refractivity contribution in [2.24, 2.45) is 0 Å². The molecule has 2 heteroatoms. The largest absolute Gasteiger partial charge is 0.328 e. The second-order valence-corrected chi connectivity index (χ2v) is 6.92. The Balaban J connectivity index is 0. The second kappa shape index (κ2) is 15.6. The first kappa shape index (κ1) is 22.5. The lowest BCUT2D eigenvalue weighted by Gasteiger charge is -2.30. The minimum Gasteiger partial charge on any atom is -0.328 e. The summed E-state index contributed by atoms with van der Waals surface area (Å²) >= 11 is 0. The van der Waals surface area contributed by atoms with Crippen LogP contribution in [-0.2, 0) is 0 Å². The van der Waals surface area contributed by atoms with Crippen LogP contribution in [0.25, 0.3) is 0 Å². The van der Waals surface area contributed by atoms with Crippen LogP contribution in [0.1, 0.15) is 90.9 Å². The van der Waals surface area contributed by atoms with Crippen molar-refractivity contribution < 1.29 is 16.9 Å². The van der Waals surface area contributed by atoms with Crippen LogP contribution in [0.2, 0.25) is 0 Å². The SMILES string of the molecule is CCCCCCCC[N+](C)(C)CCCCCCCC.[ClH2+]. The van der Waals surface area contributed by atoms with Gasteiger partial charge in [-0.3, -0.25) is 0 Å². The van der Waals surface area contributed by atoms with Gasteiger partial charge in [0.15, 0.2) is 0 Å². The van der Waals surface area contributed by atoms with E-state index in [9.17, 15) is 0 Å². The summed E-state index contributed by atoms with van der Waals surface area (Å²) < 4.78 is 1.24. The van der Waals surface area contributed by atoms with E-state index < -0.39 is 0 Å². The van der Waals surface area contributed by atoms with Crippen molar-refractivity contribution in [1.82, 2.24) is 0 Å². The van der Waals surface area contributed by atoms with Gasteiger partial charge in [-0.25, -0.2) is 0 Å². The molecule has 0 aromatic carbocycles. The zero-order chi connectivity index (χ0) is 14.4. The highest BCUT2D eigenvalue weighted by Crippen LogP contribution is 2.11. The highest BCUT2D eigenvalue weighted by molar-refractivity contribution is 4.46. The Bertz CT molecular complexity index is 162. The Hall–Kier alpha value is 0.250. The Morgan fingerprint density at radius 1 is 0.500 bits per heavy atom. The van der Waals surface area contributed by atoms with E-state index in [1.807, 2.05) is 0 Å². The highest BCUT2D eigenvalue weighted by atomic mass is 35.5. The van der Waals surface area contributed by atoms with Crippen molar-refractivity contribution in [3.05, 3.63) is 0 Å². The number of unbranched alkanes of at least 4 members (excludes halogenated alkanes) is 10. The zero-order valence-corrected chi connectivity index (χ0v) is 15.7. The van der Waals surface area contributed by atoms with E-state index in [0.717, 1.165) is 0 Å². The van der Waals surface area contributed by atoms with E-state index in [1.54, 1.807) is 0 Å². The first-order valence-corrected chi connectivity index (χ1v) is 8.94. The summed E-state index contributed by atoms with van der Waals surface area (Å²) in [5.41, 5.74) is 0. The van der Waals surface area contributed by atoms with Gasteiger partial charge in [0.25, 0.3) is 0 Å². The van der Waals surface area contributed by atoms with Gasteiger partial charge in [-0.1, -0.05) is 65.2 Å². The molecule has 0 unspecified atom stereocenters. The number of hydrogen-bond donors (Lipinski definition) is 0. The number of quaternary nitrogens is 1. The third-order valence-electron chi connectivity index (χ3n) is 4.23. The van der Waals surface area contributed by atoms with Crippen molar-refractivity contribution in [2.75, 3.05) is 27.2 Å². The molecular formula is C18H42ClN+2. The Morgan fingerprint density at radius 2 is 0.800 bits per heavy atom. The third-order valence-corrected chi connectivity index (χ3v) is 4.23. The van der Waals surface area contributed by atoms with Crippen LogP contribution in [0.5, 0.6) is 0 Å². The van der Waals surface area contributed by atoms with E-state index >= 15 is 0 Å². The summed E-state index contributed by atoms with van der Waals surface area (Å²) in [5.74, 6) is 0. The zero-order valence-electron chi connectivity index (χ0n) is 14.8. The number of nitrogens with zero attached hydrogens (tertiary/aromatic N) is 1. The van der Waals surface area contributed by atoms with Gasteiger partial charge in [0.2, 0.25) is 0 Å². The Morgan fingerprint density at radius 3 is 1.15 bits per heavy atom. The van der Waals surface area contributed by atoms with Crippen LogP contribution in [0.15, 0.2) is 0 Å². The molecule has 0 N–H and O–H groups in total. The lowest BCUT2D eigenvalue weighted by molar-refractivity contribution is -0.890. The lowest BCUT2D eigenvalue weighted by Crippen LogP contribution is -2.41. The summed E-state index contributed by atoms with van der Waals surface area (Å²) in [6.45, 7) is 7.34. The van der Waals surface area contributed by atoms with E-state index in [2.05, 4.69) is 27.9 Å². The maximum atomic E-state index is 2.41. The molecule has 0 saturated heterocycles. The van der Waals surface area contributed by atoms with E-state index in [-0.39, 0.29) is 12.4 Å². The molecule has 0 aliphatic rings. The summed E-state index contributed by atoms with van der Waals surface area (Å²) in [6, 6.07) is 0. The van der Waals surface area contributed by atoms with Crippen molar-refractivity contribution in [3.8, 4) is 0 Å². The van der Waals surface area contributed by atoms with Crippen LogP contribution in [0.3, 0.4) is 0 Å². The molecule has 0 spiro atoms. The van der Waals surface area contributed by atoms with Crippen LogP contribution in [0, 0.1) is 12.4 Å². The summed E-state index contributed by atoms with van der Waals surface area (Å²) in [4.78, 5) is 0. The fraction of sp³-hybridized carbons (Fsp3) is 1.00. The Kier molecular flexibility index (Phi) is 17.6. The summed E-state index contributed by atoms with van der Waals surface area (Å²) in [7, 11) is 4.83. The first-order chi connectivity index (χ1) is 9.12. The van der Waals surface area contributed by atoms with Gasteiger partial charge in [-0.2, -0.15) is 0 Å². The predicted molar refractivity (Wildman–Crippen MR) is 91.4 cm³/mol. The topological polar surface area (TPSA) is 0 Å². The van der Waals surface area contributed by atoms with Gasteiger partial charge >= 0.3 is 0 Å². The molecule has 0 aliphatic heterocycles. The molecule has 0 saturated carbocycles. The fourth-order valence-corrected chi connectivity index (χ4v) is 2.75. The minimum absolute atomic E-state index is 0. The molecule has 0 aromatic rings. The predicted octanol–water partition coefficient (Wildman–Crippen LogP) is 5.25. The molecule has 0 heterocycles. The monoisotopic (exact) mass is 307 g/mol. The smallest absolute Gasteiger partial charge is 0.0903 e. The average molecular weight is 308 g/mol. The minimum atomic E-state index is 0. The maximum Gasteiger partial charge on any atom is 0.0903 e. The van der Waals surface area contributed by atoms with Gasteiger partial charge in [0, 0.05) is 0 Å². The maximum absolute atomic E-state index is 2.41. The molecule has 0 radical (unpaired) electrons. The third kappa shape index (κ3) is 16.3. The second-order valence-electron chi connectivity index (χ2n) is 6.92. The summed E-state index contributed by atoms with van der Waals surface area (Å²) in [5, 5.41) is 0. The molecular weight excluding hydrogens is 266 g/mol. The van der Waals surface area contributed by atoms with Gasteiger partial charge in [-0.15, -0.1) is 0 Å². The van der Waals surface area contributed by atoms with Crippen LogP contribution in [0.4, 0.5) is 0 Å². The quantitative estimate of drug-likeness (QED) is 0.304. The standard InChI is InChI=1S/C18H40N.ClH2/c1-5-7-9-11-13-15-17-19(3,4)18-16-14-12-10-8-6-2;/h5-18H2,1-4H3;1H2/q2*+1. The molecule has 0 bridgehead atoms. The molecule has 0 amide bonds. The summed E-state index contributed by atoms with van der Waals surface area (Å²) in [6.07, 6.45) is 17.1. The average Bonchev–Trinajstić information content (AvgIpc) is 2.38. The van der Waals surface area contributed by atoms with E-state index in [1.165, 1.54) is 94.6 Å². The molecule has 0 rings (SSSR count).